The molecule has 0 radical (unpaired) electrons. The minimum absolute atomic E-state index is 1.04. The highest BCUT2D eigenvalue weighted by Gasteiger charge is 2.11. The van der Waals surface area contributed by atoms with Gasteiger partial charge in [-0.3, -0.25) is 0 Å². The van der Waals surface area contributed by atoms with Crippen LogP contribution in [0.25, 0.3) is 33.4 Å². The van der Waals surface area contributed by atoms with E-state index in [1.807, 2.05) is 18.2 Å². The van der Waals surface area contributed by atoms with Gasteiger partial charge in [0.1, 0.15) is 0 Å². The maximum atomic E-state index is 5.03. The van der Waals surface area contributed by atoms with E-state index in [0.717, 1.165) is 24.9 Å². The molecule has 0 saturated carbocycles. The second-order valence-electron chi connectivity index (χ2n) is 5.55. The lowest BCUT2D eigenvalue weighted by atomic mass is 10.0. The van der Waals surface area contributed by atoms with Crippen LogP contribution in [0.1, 0.15) is 0 Å². The SMILES string of the molecule is c1ccc(-c2nc(-c3ccccc3)c(-c3ccccc3)cp2)cc1. The van der Waals surface area contributed by atoms with Crippen LogP contribution in [0, 0.1) is 0 Å². The molecule has 0 aliphatic carbocycles. The Bertz CT molecular complexity index is 935. The summed E-state index contributed by atoms with van der Waals surface area (Å²) in [6.45, 7) is 0. The van der Waals surface area contributed by atoms with E-state index in [2.05, 4.69) is 78.6 Å². The monoisotopic (exact) mass is 325 g/mol. The largest absolute Gasteiger partial charge is 0.242 e. The Hall–Kier alpha value is -2.76. The number of rotatable bonds is 3. The van der Waals surface area contributed by atoms with Crippen molar-refractivity contribution in [3.05, 3.63) is 96.8 Å². The first-order valence-corrected chi connectivity index (χ1v) is 8.91. The summed E-state index contributed by atoms with van der Waals surface area (Å²) in [6.07, 6.45) is 0. The Morgan fingerprint density at radius 3 is 1.62 bits per heavy atom. The minimum atomic E-state index is 1.04. The molecule has 0 unspecified atom stereocenters. The first kappa shape index (κ1) is 14.8. The molecule has 0 fully saturated rings. The maximum Gasteiger partial charge on any atom is 0.0976 e. The van der Waals surface area contributed by atoms with Crippen molar-refractivity contribution in [2.24, 2.45) is 0 Å². The van der Waals surface area contributed by atoms with Crippen molar-refractivity contribution in [1.29, 1.82) is 0 Å². The Kier molecular flexibility index (Phi) is 4.18. The third kappa shape index (κ3) is 2.99. The van der Waals surface area contributed by atoms with Gasteiger partial charge < -0.3 is 0 Å². The first-order valence-electron chi connectivity index (χ1n) is 7.95. The number of nitrogens with zero attached hydrogens (tertiary/aromatic N) is 1. The standard InChI is InChI=1S/C22H16NP/c1-4-10-17(11-5-1)20-16-24-22(19-14-8-3-9-15-19)23-21(20)18-12-6-2-7-13-18/h1-16H. The van der Waals surface area contributed by atoms with Crippen molar-refractivity contribution >= 4 is 8.19 Å². The second-order valence-corrected chi connectivity index (χ2v) is 6.49. The summed E-state index contributed by atoms with van der Waals surface area (Å²) in [5.74, 6) is 2.27. The number of benzene rings is 3. The molecule has 24 heavy (non-hydrogen) atoms. The van der Waals surface area contributed by atoms with E-state index in [4.69, 9.17) is 4.98 Å². The van der Waals surface area contributed by atoms with Gasteiger partial charge in [-0.2, -0.15) is 0 Å². The predicted octanol–water partition coefficient (Wildman–Crippen LogP) is 6.66. The molecule has 0 bridgehead atoms. The molecule has 1 nitrogen and oxygen atoms in total. The molecule has 4 rings (SSSR count). The highest BCUT2D eigenvalue weighted by Crippen LogP contribution is 2.37. The molecule has 1 aromatic heterocycles. The zero-order chi connectivity index (χ0) is 16.2. The number of hydrogen-bond acceptors (Lipinski definition) is 1. The Labute approximate surface area is 143 Å². The van der Waals surface area contributed by atoms with Crippen LogP contribution in [0.3, 0.4) is 0 Å². The van der Waals surface area contributed by atoms with Crippen LogP contribution in [0.4, 0.5) is 0 Å². The Morgan fingerprint density at radius 1 is 0.542 bits per heavy atom. The van der Waals surface area contributed by atoms with Crippen LogP contribution < -0.4 is 0 Å². The summed E-state index contributed by atoms with van der Waals surface area (Å²) in [6, 6.07) is 31.3. The van der Waals surface area contributed by atoms with Crippen molar-refractivity contribution in [2.75, 3.05) is 0 Å². The summed E-state index contributed by atoms with van der Waals surface area (Å²) < 4.78 is 0. The predicted molar refractivity (Wildman–Crippen MR) is 103 cm³/mol. The summed E-state index contributed by atoms with van der Waals surface area (Å²) >= 11 is 0. The minimum Gasteiger partial charge on any atom is -0.242 e. The van der Waals surface area contributed by atoms with Gasteiger partial charge in [0, 0.05) is 16.7 Å². The molecule has 3 aromatic carbocycles. The molecule has 0 atom stereocenters. The summed E-state index contributed by atoms with van der Waals surface area (Å²) in [7, 11) is 1.13. The Morgan fingerprint density at radius 2 is 1.04 bits per heavy atom. The van der Waals surface area contributed by atoms with Gasteiger partial charge in [0.15, 0.2) is 0 Å². The van der Waals surface area contributed by atoms with Gasteiger partial charge in [-0.05, 0) is 19.6 Å². The van der Waals surface area contributed by atoms with Crippen molar-refractivity contribution in [3.63, 3.8) is 0 Å². The van der Waals surface area contributed by atoms with Gasteiger partial charge in [0.2, 0.25) is 0 Å². The number of aromatic nitrogens is 1. The van der Waals surface area contributed by atoms with Crippen LogP contribution >= 0.6 is 8.19 Å². The van der Waals surface area contributed by atoms with Crippen molar-refractivity contribution in [1.82, 2.24) is 4.98 Å². The van der Waals surface area contributed by atoms with E-state index in [9.17, 15) is 0 Å². The van der Waals surface area contributed by atoms with Crippen LogP contribution in [0.2, 0.25) is 0 Å². The molecule has 0 aliphatic heterocycles. The summed E-state index contributed by atoms with van der Waals surface area (Å²) in [4.78, 5) is 5.03. The van der Waals surface area contributed by atoms with E-state index in [1.54, 1.807) is 0 Å². The topological polar surface area (TPSA) is 12.9 Å². The number of hydrogen-bond donors (Lipinski definition) is 0. The molecular weight excluding hydrogens is 309 g/mol. The van der Waals surface area contributed by atoms with Gasteiger partial charge >= 0.3 is 0 Å². The van der Waals surface area contributed by atoms with Gasteiger partial charge in [-0.25, -0.2) is 4.98 Å². The zero-order valence-electron chi connectivity index (χ0n) is 13.1. The van der Waals surface area contributed by atoms with E-state index in [0.29, 0.717) is 0 Å². The van der Waals surface area contributed by atoms with E-state index < -0.39 is 0 Å². The molecule has 0 spiro atoms. The molecule has 0 aliphatic rings. The summed E-state index contributed by atoms with van der Waals surface area (Å²) in [5, 5.41) is 0. The molecule has 4 aromatic rings. The maximum absolute atomic E-state index is 5.03. The van der Waals surface area contributed by atoms with Crippen molar-refractivity contribution in [3.8, 4) is 33.4 Å². The molecule has 0 N–H and O–H groups in total. The van der Waals surface area contributed by atoms with E-state index in [1.165, 1.54) is 16.7 Å². The first-order chi connectivity index (χ1) is 11.9. The molecule has 2 heteroatoms. The Balaban J connectivity index is 1.92. The average molecular weight is 325 g/mol. The smallest absolute Gasteiger partial charge is 0.0976 e. The fourth-order valence-corrected chi connectivity index (χ4v) is 3.73. The van der Waals surface area contributed by atoms with Crippen LogP contribution in [0.15, 0.2) is 96.8 Å². The fraction of sp³-hybridized carbons (Fsp3) is 0. The average Bonchev–Trinajstić information content (AvgIpc) is 2.69. The van der Waals surface area contributed by atoms with Crippen molar-refractivity contribution < 1.29 is 0 Å². The van der Waals surface area contributed by atoms with Crippen LogP contribution in [0.5, 0.6) is 0 Å². The second kappa shape index (κ2) is 6.78. The zero-order valence-corrected chi connectivity index (χ0v) is 14.0. The third-order valence-electron chi connectivity index (χ3n) is 3.95. The highest BCUT2D eigenvalue weighted by molar-refractivity contribution is 7.33. The lowest BCUT2D eigenvalue weighted by Crippen LogP contribution is -1.90. The van der Waals surface area contributed by atoms with E-state index in [-0.39, 0.29) is 0 Å². The normalized spacial score (nSPS) is 10.8. The molecule has 1 heterocycles. The quantitative estimate of drug-likeness (QED) is 0.410. The van der Waals surface area contributed by atoms with Crippen LogP contribution in [-0.2, 0) is 0 Å². The lowest BCUT2D eigenvalue weighted by molar-refractivity contribution is 1.37. The third-order valence-corrected chi connectivity index (χ3v) is 4.94. The van der Waals surface area contributed by atoms with Gasteiger partial charge in [-0.15, -0.1) is 0 Å². The molecule has 114 valence electrons. The van der Waals surface area contributed by atoms with Gasteiger partial charge in [-0.1, -0.05) is 91.0 Å². The highest BCUT2D eigenvalue weighted by atomic mass is 31.0. The lowest BCUT2D eigenvalue weighted by Gasteiger charge is -2.11. The summed E-state index contributed by atoms with van der Waals surface area (Å²) in [5.41, 5.74) is 6.86. The fourth-order valence-electron chi connectivity index (χ4n) is 2.75. The van der Waals surface area contributed by atoms with Gasteiger partial charge in [0.25, 0.3) is 0 Å². The molecule has 0 saturated heterocycles. The van der Waals surface area contributed by atoms with E-state index >= 15 is 0 Å². The molecular formula is C22H16NP. The van der Waals surface area contributed by atoms with Gasteiger partial charge in [0.05, 0.1) is 11.1 Å². The van der Waals surface area contributed by atoms with Crippen LogP contribution in [-0.4, -0.2) is 4.98 Å². The molecule has 0 amide bonds. The van der Waals surface area contributed by atoms with Crippen molar-refractivity contribution in [2.45, 2.75) is 0 Å².